The van der Waals surface area contributed by atoms with Gasteiger partial charge < -0.3 is 10.4 Å². The van der Waals surface area contributed by atoms with Crippen molar-refractivity contribution >= 4 is 11.9 Å². The van der Waals surface area contributed by atoms with Gasteiger partial charge in [0.2, 0.25) is 5.91 Å². The standard InChI is InChI=1S/C13H19NO3/c1-2-3-6-14-12(15)10-8-4-5-9(7-8)11(10)13(16)17/h4-5,8-11H,2-3,6-7H2,1H3,(H,14,15)(H,16,17)/t8-,9+,10-,11-/m0/s1. The Morgan fingerprint density at radius 1 is 1.29 bits per heavy atom. The van der Waals surface area contributed by atoms with E-state index in [1.165, 1.54) is 0 Å². The Balaban J connectivity index is 2.01. The zero-order valence-corrected chi connectivity index (χ0v) is 10.1. The van der Waals surface area contributed by atoms with Crippen LogP contribution in [0.2, 0.25) is 0 Å². The summed E-state index contributed by atoms with van der Waals surface area (Å²) < 4.78 is 0. The van der Waals surface area contributed by atoms with Gasteiger partial charge in [-0.05, 0) is 24.7 Å². The average molecular weight is 237 g/mol. The molecule has 0 aromatic heterocycles. The number of unbranched alkanes of at least 4 members (excludes halogenated alkanes) is 1. The third kappa shape index (κ3) is 2.21. The van der Waals surface area contributed by atoms with Gasteiger partial charge in [0.05, 0.1) is 11.8 Å². The maximum Gasteiger partial charge on any atom is 0.307 e. The highest BCUT2D eigenvalue weighted by atomic mass is 16.4. The molecule has 2 N–H and O–H groups in total. The number of rotatable bonds is 5. The normalized spacial score (nSPS) is 33.9. The van der Waals surface area contributed by atoms with E-state index >= 15 is 0 Å². The Hall–Kier alpha value is -1.32. The molecule has 0 spiro atoms. The van der Waals surface area contributed by atoms with Gasteiger partial charge in [-0.15, -0.1) is 0 Å². The minimum atomic E-state index is -0.836. The van der Waals surface area contributed by atoms with E-state index in [1.54, 1.807) is 0 Å². The van der Waals surface area contributed by atoms with Crippen LogP contribution in [-0.2, 0) is 9.59 Å². The molecule has 17 heavy (non-hydrogen) atoms. The molecule has 0 radical (unpaired) electrons. The zero-order valence-electron chi connectivity index (χ0n) is 10.1. The molecule has 4 nitrogen and oxygen atoms in total. The summed E-state index contributed by atoms with van der Waals surface area (Å²) in [6.45, 7) is 2.71. The number of carboxylic acid groups (broad SMARTS) is 1. The molecule has 4 heteroatoms. The van der Waals surface area contributed by atoms with Gasteiger partial charge in [0, 0.05) is 6.54 Å². The number of fused-ring (bicyclic) bond motifs is 2. The quantitative estimate of drug-likeness (QED) is 0.561. The number of allylic oxidation sites excluding steroid dienone is 2. The molecule has 2 bridgehead atoms. The van der Waals surface area contributed by atoms with E-state index in [4.69, 9.17) is 0 Å². The Labute approximate surface area is 101 Å². The smallest absolute Gasteiger partial charge is 0.307 e. The molecule has 0 heterocycles. The van der Waals surface area contributed by atoms with E-state index in [0.29, 0.717) is 6.54 Å². The molecule has 1 saturated carbocycles. The lowest BCUT2D eigenvalue weighted by molar-refractivity contribution is -0.147. The number of carbonyl (C=O) groups excluding carboxylic acids is 1. The van der Waals surface area contributed by atoms with Crippen LogP contribution in [0.25, 0.3) is 0 Å². The molecular weight excluding hydrogens is 218 g/mol. The van der Waals surface area contributed by atoms with Crippen molar-refractivity contribution in [3.63, 3.8) is 0 Å². The predicted octanol–water partition coefficient (Wildman–Crippen LogP) is 1.43. The molecule has 0 unspecified atom stereocenters. The van der Waals surface area contributed by atoms with Gasteiger partial charge >= 0.3 is 5.97 Å². The molecule has 2 aliphatic rings. The number of nitrogens with one attached hydrogen (secondary N) is 1. The average Bonchev–Trinajstić information content (AvgIpc) is 2.88. The van der Waals surface area contributed by atoms with Gasteiger partial charge in [-0.1, -0.05) is 25.5 Å². The fourth-order valence-electron chi connectivity index (χ4n) is 3.02. The molecule has 0 aliphatic heterocycles. The van der Waals surface area contributed by atoms with E-state index in [2.05, 4.69) is 12.2 Å². The summed E-state index contributed by atoms with van der Waals surface area (Å²) >= 11 is 0. The van der Waals surface area contributed by atoms with E-state index in [9.17, 15) is 14.7 Å². The summed E-state index contributed by atoms with van der Waals surface area (Å²) in [6.07, 6.45) is 6.76. The lowest BCUT2D eigenvalue weighted by Crippen LogP contribution is -2.40. The molecule has 94 valence electrons. The third-order valence-electron chi connectivity index (χ3n) is 3.88. The molecule has 1 amide bonds. The van der Waals surface area contributed by atoms with Crippen LogP contribution in [0.15, 0.2) is 12.2 Å². The second-order valence-corrected chi connectivity index (χ2v) is 4.98. The first kappa shape index (κ1) is 12.1. The van der Waals surface area contributed by atoms with Crippen LogP contribution in [0.4, 0.5) is 0 Å². The molecule has 1 fully saturated rings. The van der Waals surface area contributed by atoms with Crippen molar-refractivity contribution in [3.05, 3.63) is 12.2 Å². The minimum absolute atomic E-state index is 0.0550. The number of carboxylic acids is 1. The van der Waals surface area contributed by atoms with Crippen molar-refractivity contribution in [2.45, 2.75) is 26.2 Å². The van der Waals surface area contributed by atoms with Crippen molar-refractivity contribution in [1.82, 2.24) is 5.32 Å². The third-order valence-corrected chi connectivity index (χ3v) is 3.88. The Bertz CT molecular complexity index is 351. The summed E-state index contributed by atoms with van der Waals surface area (Å²) in [5.74, 6) is -1.62. The monoisotopic (exact) mass is 237 g/mol. The van der Waals surface area contributed by atoms with E-state index < -0.39 is 11.9 Å². The van der Waals surface area contributed by atoms with Crippen LogP contribution in [0.1, 0.15) is 26.2 Å². The maximum absolute atomic E-state index is 12.0. The molecule has 0 aromatic carbocycles. The van der Waals surface area contributed by atoms with Gasteiger partial charge in [-0.25, -0.2) is 0 Å². The van der Waals surface area contributed by atoms with Gasteiger partial charge in [-0.3, -0.25) is 9.59 Å². The number of hydrogen-bond donors (Lipinski definition) is 2. The molecule has 0 aromatic rings. The topological polar surface area (TPSA) is 66.4 Å². The maximum atomic E-state index is 12.0. The summed E-state index contributed by atoms with van der Waals surface area (Å²) in [6, 6.07) is 0. The van der Waals surface area contributed by atoms with Crippen LogP contribution in [0.5, 0.6) is 0 Å². The molecule has 4 atom stereocenters. The summed E-state index contributed by atoms with van der Waals surface area (Å²) in [4.78, 5) is 23.2. The highest BCUT2D eigenvalue weighted by molar-refractivity contribution is 5.86. The van der Waals surface area contributed by atoms with Gasteiger partial charge in [0.15, 0.2) is 0 Å². The highest BCUT2D eigenvalue weighted by Gasteiger charge is 2.51. The summed E-state index contributed by atoms with van der Waals surface area (Å²) in [7, 11) is 0. The second-order valence-electron chi connectivity index (χ2n) is 4.98. The van der Waals surface area contributed by atoms with E-state index in [-0.39, 0.29) is 23.7 Å². The Kier molecular flexibility index (Phi) is 3.50. The van der Waals surface area contributed by atoms with Crippen molar-refractivity contribution in [1.29, 1.82) is 0 Å². The minimum Gasteiger partial charge on any atom is -0.481 e. The lowest BCUT2D eigenvalue weighted by Gasteiger charge is -2.23. The zero-order chi connectivity index (χ0) is 12.4. The van der Waals surface area contributed by atoms with Crippen LogP contribution in [-0.4, -0.2) is 23.5 Å². The predicted molar refractivity (Wildman–Crippen MR) is 63.3 cm³/mol. The van der Waals surface area contributed by atoms with Gasteiger partial charge in [-0.2, -0.15) is 0 Å². The fraction of sp³-hybridized carbons (Fsp3) is 0.692. The fourth-order valence-corrected chi connectivity index (χ4v) is 3.02. The number of hydrogen-bond acceptors (Lipinski definition) is 2. The second kappa shape index (κ2) is 4.90. The van der Waals surface area contributed by atoms with Crippen LogP contribution >= 0.6 is 0 Å². The van der Waals surface area contributed by atoms with Gasteiger partial charge in [0.1, 0.15) is 0 Å². The summed E-state index contributed by atoms with van der Waals surface area (Å²) in [5.41, 5.74) is 0. The Morgan fingerprint density at radius 3 is 2.53 bits per heavy atom. The number of amides is 1. The van der Waals surface area contributed by atoms with Crippen molar-refractivity contribution in [2.24, 2.45) is 23.7 Å². The van der Waals surface area contributed by atoms with Crippen LogP contribution in [0.3, 0.4) is 0 Å². The van der Waals surface area contributed by atoms with Crippen LogP contribution in [0, 0.1) is 23.7 Å². The van der Waals surface area contributed by atoms with Crippen molar-refractivity contribution in [2.75, 3.05) is 6.54 Å². The lowest BCUT2D eigenvalue weighted by atomic mass is 9.82. The SMILES string of the molecule is CCCCNC(=O)[C@@H]1[C@@H](C(=O)O)[C@@H]2C=C[C@H]1C2. The van der Waals surface area contributed by atoms with Crippen molar-refractivity contribution < 1.29 is 14.7 Å². The van der Waals surface area contributed by atoms with Crippen LogP contribution < -0.4 is 5.32 Å². The van der Waals surface area contributed by atoms with E-state index in [1.807, 2.05) is 12.2 Å². The molecular formula is C13H19NO3. The molecule has 0 saturated heterocycles. The molecule has 2 rings (SSSR count). The number of carbonyl (C=O) groups is 2. The first-order chi connectivity index (χ1) is 8.15. The molecule has 2 aliphatic carbocycles. The largest absolute Gasteiger partial charge is 0.481 e. The Morgan fingerprint density at radius 2 is 1.94 bits per heavy atom. The highest BCUT2D eigenvalue weighted by Crippen LogP contribution is 2.48. The first-order valence-corrected chi connectivity index (χ1v) is 6.34. The van der Waals surface area contributed by atoms with E-state index in [0.717, 1.165) is 19.3 Å². The number of aliphatic carboxylic acids is 1. The van der Waals surface area contributed by atoms with Crippen molar-refractivity contribution in [3.8, 4) is 0 Å². The summed E-state index contributed by atoms with van der Waals surface area (Å²) in [5, 5.41) is 12.1. The van der Waals surface area contributed by atoms with Gasteiger partial charge in [0.25, 0.3) is 0 Å². The first-order valence-electron chi connectivity index (χ1n) is 6.34.